The lowest BCUT2D eigenvalue weighted by molar-refractivity contribution is -0.125. The van der Waals surface area contributed by atoms with Crippen LogP contribution in [-0.4, -0.2) is 36.5 Å². The Morgan fingerprint density at radius 2 is 1.89 bits per heavy atom. The van der Waals surface area contributed by atoms with E-state index in [0.29, 0.717) is 28.3 Å². The van der Waals surface area contributed by atoms with E-state index in [9.17, 15) is 14.3 Å². The molecule has 35 heavy (non-hydrogen) atoms. The lowest BCUT2D eigenvalue weighted by Crippen LogP contribution is -2.44. The molecule has 0 aliphatic carbocycles. The van der Waals surface area contributed by atoms with Crippen LogP contribution in [0.25, 0.3) is 16.8 Å². The first-order chi connectivity index (χ1) is 16.5. The second-order valence-electron chi connectivity index (χ2n) is 9.03. The van der Waals surface area contributed by atoms with Crippen molar-refractivity contribution in [2.45, 2.75) is 45.9 Å². The number of rotatable bonds is 4. The highest BCUT2D eigenvalue weighted by Gasteiger charge is 2.34. The van der Waals surface area contributed by atoms with Crippen LogP contribution in [0.4, 0.5) is 14.5 Å². The maximum atomic E-state index is 15.0. The fourth-order valence-corrected chi connectivity index (χ4v) is 4.12. The van der Waals surface area contributed by atoms with Gasteiger partial charge in [0.2, 0.25) is 0 Å². The smallest absolute Gasteiger partial charge is 0.268 e. The summed E-state index contributed by atoms with van der Waals surface area (Å²) in [6, 6.07) is 5.71. The summed E-state index contributed by atoms with van der Waals surface area (Å²) in [6.07, 6.45) is 3.60. The van der Waals surface area contributed by atoms with Gasteiger partial charge in [-0.25, -0.2) is 23.7 Å². The Labute approximate surface area is 199 Å². The van der Waals surface area contributed by atoms with Crippen molar-refractivity contribution in [2.24, 2.45) is 0 Å². The molecule has 0 bridgehead atoms. The molecule has 180 valence electrons. The highest BCUT2D eigenvalue weighted by atomic mass is 19.1. The number of para-hydroxylation sites is 1. The van der Waals surface area contributed by atoms with Crippen LogP contribution < -0.4 is 9.64 Å². The van der Waals surface area contributed by atoms with Gasteiger partial charge in [0.05, 0.1) is 23.6 Å². The summed E-state index contributed by atoms with van der Waals surface area (Å²) in [4.78, 5) is 27.2. The first kappa shape index (κ1) is 22.9. The molecule has 3 aromatic heterocycles. The van der Waals surface area contributed by atoms with Crippen molar-refractivity contribution in [3.63, 3.8) is 0 Å². The summed E-state index contributed by atoms with van der Waals surface area (Å²) >= 11 is 0. The van der Waals surface area contributed by atoms with Gasteiger partial charge in [-0.2, -0.15) is 0 Å². The molecule has 1 aromatic carbocycles. The maximum absolute atomic E-state index is 15.0. The van der Waals surface area contributed by atoms with E-state index in [2.05, 4.69) is 15.0 Å². The molecular formula is C25H23F2N5O3. The number of pyridine rings is 1. The van der Waals surface area contributed by atoms with Gasteiger partial charge in [-0.3, -0.25) is 9.69 Å². The Balaban J connectivity index is 1.59. The van der Waals surface area contributed by atoms with Gasteiger partial charge in [-0.05, 0) is 39.8 Å². The minimum absolute atomic E-state index is 0.0156. The number of nitrogens with zero attached hydrogens (tertiary/aromatic N) is 5. The molecule has 0 fully saturated rings. The Kier molecular flexibility index (Phi) is 5.28. The number of halogens is 2. The van der Waals surface area contributed by atoms with E-state index >= 15 is 4.39 Å². The van der Waals surface area contributed by atoms with Crippen LogP contribution in [0.15, 0.2) is 42.9 Å². The number of imidazole rings is 1. The minimum Gasteiger partial charge on any atom is -0.476 e. The SMILES string of the molecule is Cc1nc2cc(F)c(-c3cnc(C(C)(C)O)nc3)cn2c1CN1C(=O)[C@@H](C)Oc2c(F)cccc21. The molecule has 0 saturated heterocycles. The van der Waals surface area contributed by atoms with E-state index in [1.54, 1.807) is 44.4 Å². The topological polar surface area (TPSA) is 92.9 Å². The van der Waals surface area contributed by atoms with Crippen LogP contribution in [0.5, 0.6) is 5.75 Å². The Bertz CT molecular complexity index is 1460. The Morgan fingerprint density at radius 1 is 1.17 bits per heavy atom. The Hall–Kier alpha value is -3.92. The van der Waals surface area contributed by atoms with Crippen molar-refractivity contribution in [3.8, 4) is 16.9 Å². The fourth-order valence-electron chi connectivity index (χ4n) is 4.12. The monoisotopic (exact) mass is 479 g/mol. The second kappa shape index (κ2) is 8.09. The van der Waals surface area contributed by atoms with Gasteiger partial charge in [0.15, 0.2) is 23.5 Å². The van der Waals surface area contributed by atoms with E-state index in [1.165, 1.54) is 35.5 Å². The third kappa shape index (κ3) is 3.89. The predicted octanol–water partition coefficient (Wildman–Crippen LogP) is 3.92. The zero-order valence-corrected chi connectivity index (χ0v) is 19.6. The van der Waals surface area contributed by atoms with Crippen molar-refractivity contribution in [1.29, 1.82) is 0 Å². The zero-order chi connectivity index (χ0) is 25.1. The van der Waals surface area contributed by atoms with E-state index < -0.39 is 23.3 Å². The molecule has 1 aliphatic rings. The lowest BCUT2D eigenvalue weighted by Gasteiger charge is -2.33. The summed E-state index contributed by atoms with van der Waals surface area (Å²) in [5.74, 6) is -1.16. The molecule has 1 amide bonds. The lowest BCUT2D eigenvalue weighted by atomic mass is 10.1. The number of hydrogen-bond donors (Lipinski definition) is 1. The van der Waals surface area contributed by atoms with E-state index in [1.807, 2.05) is 0 Å². The van der Waals surface area contributed by atoms with Gasteiger partial charge in [0.1, 0.15) is 17.1 Å². The van der Waals surface area contributed by atoms with Gasteiger partial charge >= 0.3 is 0 Å². The molecule has 0 saturated carbocycles. The highest BCUT2D eigenvalue weighted by Crippen LogP contribution is 2.37. The van der Waals surface area contributed by atoms with E-state index in [0.717, 1.165) is 0 Å². The third-order valence-electron chi connectivity index (χ3n) is 5.97. The standard InChI is InChI=1S/C25H23F2N5O3/c1-13-20(12-32-19-7-5-6-17(26)22(19)35-14(2)23(32)33)31-11-16(18(27)8-21(31)30-13)15-9-28-24(29-10-15)25(3,4)34/h5-11,14,34H,12H2,1-4H3/t14-/m1/s1. The van der Waals surface area contributed by atoms with Gasteiger partial charge in [0, 0.05) is 35.8 Å². The number of carbonyl (C=O) groups excluding carboxylic acids is 1. The molecular weight excluding hydrogens is 456 g/mol. The Morgan fingerprint density at radius 3 is 2.57 bits per heavy atom. The maximum Gasteiger partial charge on any atom is 0.268 e. The number of ether oxygens (including phenoxy) is 1. The molecule has 8 nitrogen and oxygen atoms in total. The van der Waals surface area contributed by atoms with Crippen LogP contribution in [-0.2, 0) is 16.9 Å². The molecule has 1 atom stereocenters. The molecule has 0 radical (unpaired) electrons. The number of carbonyl (C=O) groups is 1. The van der Waals surface area contributed by atoms with E-state index in [4.69, 9.17) is 4.74 Å². The average Bonchev–Trinajstić information content (AvgIpc) is 3.10. The van der Waals surface area contributed by atoms with Crippen LogP contribution in [0.1, 0.15) is 38.0 Å². The number of aliphatic hydroxyl groups is 1. The summed E-state index contributed by atoms with van der Waals surface area (Å²) < 4.78 is 36.6. The average molecular weight is 479 g/mol. The molecule has 0 unspecified atom stereocenters. The minimum atomic E-state index is -1.23. The molecule has 4 aromatic rings. The first-order valence-electron chi connectivity index (χ1n) is 11.0. The largest absolute Gasteiger partial charge is 0.476 e. The fraction of sp³-hybridized carbons (Fsp3) is 0.280. The van der Waals surface area contributed by atoms with E-state index in [-0.39, 0.29) is 29.6 Å². The molecule has 1 N–H and O–H groups in total. The summed E-state index contributed by atoms with van der Waals surface area (Å²) in [6.45, 7) is 6.54. The number of hydrogen-bond acceptors (Lipinski definition) is 6. The van der Waals surface area contributed by atoms with Crippen LogP contribution in [0, 0.1) is 18.6 Å². The molecule has 1 aliphatic heterocycles. The van der Waals surface area contributed by atoms with Gasteiger partial charge < -0.3 is 14.2 Å². The molecule has 5 rings (SSSR count). The van der Waals surface area contributed by atoms with Crippen molar-refractivity contribution in [2.75, 3.05) is 4.90 Å². The highest BCUT2D eigenvalue weighted by molar-refractivity contribution is 5.99. The van der Waals surface area contributed by atoms with Gasteiger partial charge in [-0.1, -0.05) is 6.07 Å². The van der Waals surface area contributed by atoms with Crippen LogP contribution >= 0.6 is 0 Å². The number of aryl methyl sites for hydroxylation is 1. The number of amides is 1. The molecule has 4 heterocycles. The summed E-state index contributed by atoms with van der Waals surface area (Å²) in [5, 5.41) is 10.1. The summed E-state index contributed by atoms with van der Waals surface area (Å²) in [5.41, 5.74) is 1.33. The number of fused-ring (bicyclic) bond motifs is 2. The number of anilines is 1. The van der Waals surface area contributed by atoms with Gasteiger partial charge in [0.25, 0.3) is 5.91 Å². The van der Waals surface area contributed by atoms with Crippen LogP contribution in [0.2, 0.25) is 0 Å². The number of aromatic nitrogens is 4. The summed E-state index contributed by atoms with van der Waals surface area (Å²) in [7, 11) is 0. The quantitative estimate of drug-likeness (QED) is 0.477. The van der Waals surface area contributed by atoms with Crippen LogP contribution in [0.3, 0.4) is 0 Å². The number of benzene rings is 1. The van der Waals surface area contributed by atoms with Crippen molar-refractivity contribution < 1.29 is 23.4 Å². The van der Waals surface area contributed by atoms with Crippen molar-refractivity contribution in [1.82, 2.24) is 19.4 Å². The van der Waals surface area contributed by atoms with Crippen molar-refractivity contribution in [3.05, 3.63) is 71.7 Å². The predicted molar refractivity (Wildman–Crippen MR) is 124 cm³/mol. The zero-order valence-electron chi connectivity index (χ0n) is 19.6. The third-order valence-corrected chi connectivity index (χ3v) is 5.97. The van der Waals surface area contributed by atoms with Gasteiger partial charge in [-0.15, -0.1) is 0 Å². The molecule has 10 heteroatoms. The normalized spacial score (nSPS) is 15.9. The van der Waals surface area contributed by atoms with Crippen molar-refractivity contribution >= 4 is 17.2 Å². The second-order valence-corrected chi connectivity index (χ2v) is 9.03. The molecule has 0 spiro atoms. The first-order valence-corrected chi connectivity index (χ1v) is 11.0.